The summed E-state index contributed by atoms with van der Waals surface area (Å²) in [6.45, 7) is 2.41. The van der Waals surface area contributed by atoms with Crippen molar-refractivity contribution in [2.24, 2.45) is 5.92 Å². The third-order valence-corrected chi connectivity index (χ3v) is 3.86. The van der Waals surface area contributed by atoms with Crippen LogP contribution >= 0.6 is 15.9 Å². The number of benzene rings is 2. The van der Waals surface area contributed by atoms with Gasteiger partial charge in [-0.15, -0.1) is 0 Å². The molecule has 1 atom stereocenters. The Morgan fingerprint density at radius 1 is 1.05 bits per heavy atom. The second kappa shape index (κ2) is 8.98. The number of halogens is 1. The van der Waals surface area contributed by atoms with Gasteiger partial charge in [0.2, 0.25) is 0 Å². The highest BCUT2D eigenvalue weighted by Crippen LogP contribution is 2.15. The molecule has 0 radical (unpaired) electrons. The van der Waals surface area contributed by atoms with Crippen molar-refractivity contribution in [3.05, 3.63) is 70.2 Å². The zero-order chi connectivity index (χ0) is 14.9. The zero-order valence-corrected chi connectivity index (χ0v) is 14.0. The fraction of sp³-hybridized carbons (Fsp3) is 0.333. The summed E-state index contributed by atoms with van der Waals surface area (Å²) in [7, 11) is 1.99. The van der Waals surface area contributed by atoms with Crippen LogP contribution in [-0.4, -0.2) is 20.2 Å². The molecular formula is C18H22BrNO. The molecule has 0 spiro atoms. The van der Waals surface area contributed by atoms with Gasteiger partial charge in [0.15, 0.2) is 0 Å². The Kier molecular flexibility index (Phi) is 6.93. The third kappa shape index (κ3) is 6.00. The molecular weight excluding hydrogens is 326 g/mol. The van der Waals surface area contributed by atoms with E-state index in [1.807, 2.05) is 25.2 Å². The van der Waals surface area contributed by atoms with Gasteiger partial charge in [-0.05, 0) is 42.6 Å². The standard InChI is InChI=1S/C18H22BrNO/c1-20-12-17(10-16-8-5-9-18(19)11-16)14-21-13-15-6-3-2-4-7-15/h2-9,11,17,20H,10,12-14H2,1H3. The molecule has 112 valence electrons. The van der Waals surface area contributed by atoms with E-state index in [0.717, 1.165) is 24.0 Å². The summed E-state index contributed by atoms with van der Waals surface area (Å²) in [6, 6.07) is 18.8. The van der Waals surface area contributed by atoms with E-state index < -0.39 is 0 Å². The van der Waals surface area contributed by atoms with Crippen LogP contribution < -0.4 is 5.32 Å². The van der Waals surface area contributed by atoms with Gasteiger partial charge in [-0.3, -0.25) is 0 Å². The molecule has 0 saturated carbocycles. The number of nitrogens with one attached hydrogen (secondary N) is 1. The molecule has 1 unspecified atom stereocenters. The lowest BCUT2D eigenvalue weighted by atomic mass is 10.00. The number of ether oxygens (including phenoxy) is 1. The van der Waals surface area contributed by atoms with Crippen LogP contribution in [0.3, 0.4) is 0 Å². The summed E-state index contributed by atoms with van der Waals surface area (Å²) >= 11 is 3.53. The summed E-state index contributed by atoms with van der Waals surface area (Å²) < 4.78 is 7.02. The first-order valence-corrected chi connectivity index (χ1v) is 8.08. The van der Waals surface area contributed by atoms with Crippen molar-refractivity contribution in [3.63, 3.8) is 0 Å². The van der Waals surface area contributed by atoms with Crippen LogP contribution in [0.2, 0.25) is 0 Å². The monoisotopic (exact) mass is 347 g/mol. The lowest BCUT2D eigenvalue weighted by molar-refractivity contribution is 0.0871. The van der Waals surface area contributed by atoms with Crippen LogP contribution in [0, 0.1) is 5.92 Å². The molecule has 0 saturated heterocycles. The molecule has 0 amide bonds. The molecule has 0 bridgehead atoms. The zero-order valence-electron chi connectivity index (χ0n) is 12.4. The summed E-state index contributed by atoms with van der Waals surface area (Å²) in [5, 5.41) is 3.26. The first-order chi connectivity index (χ1) is 10.3. The minimum Gasteiger partial charge on any atom is -0.376 e. The molecule has 1 N–H and O–H groups in total. The van der Waals surface area contributed by atoms with Crippen LogP contribution in [-0.2, 0) is 17.8 Å². The average molecular weight is 348 g/mol. The lowest BCUT2D eigenvalue weighted by Gasteiger charge is -2.17. The first-order valence-electron chi connectivity index (χ1n) is 7.28. The van der Waals surface area contributed by atoms with Gasteiger partial charge in [0.1, 0.15) is 0 Å². The van der Waals surface area contributed by atoms with Crippen molar-refractivity contribution in [2.75, 3.05) is 20.2 Å². The fourth-order valence-electron chi connectivity index (χ4n) is 2.39. The van der Waals surface area contributed by atoms with Crippen LogP contribution in [0.1, 0.15) is 11.1 Å². The molecule has 0 aliphatic heterocycles. The van der Waals surface area contributed by atoms with Gasteiger partial charge >= 0.3 is 0 Å². The molecule has 0 fully saturated rings. The van der Waals surface area contributed by atoms with Crippen molar-refractivity contribution < 1.29 is 4.74 Å². The molecule has 2 rings (SSSR count). The number of hydrogen-bond acceptors (Lipinski definition) is 2. The van der Waals surface area contributed by atoms with Crippen molar-refractivity contribution in [1.29, 1.82) is 0 Å². The minimum absolute atomic E-state index is 0.480. The molecule has 0 aromatic heterocycles. The Balaban J connectivity index is 1.84. The molecule has 2 nitrogen and oxygen atoms in total. The maximum absolute atomic E-state index is 5.89. The molecule has 0 heterocycles. The van der Waals surface area contributed by atoms with Gasteiger partial charge < -0.3 is 10.1 Å². The van der Waals surface area contributed by atoms with E-state index in [9.17, 15) is 0 Å². The Bertz CT molecular complexity index is 530. The van der Waals surface area contributed by atoms with Crippen LogP contribution in [0.25, 0.3) is 0 Å². The largest absolute Gasteiger partial charge is 0.376 e. The SMILES string of the molecule is CNCC(COCc1ccccc1)Cc1cccc(Br)c1. The minimum atomic E-state index is 0.480. The van der Waals surface area contributed by atoms with E-state index in [1.54, 1.807) is 0 Å². The van der Waals surface area contributed by atoms with Crippen LogP contribution in [0.4, 0.5) is 0 Å². The van der Waals surface area contributed by atoms with Gasteiger partial charge in [0.25, 0.3) is 0 Å². The van der Waals surface area contributed by atoms with Crippen LogP contribution in [0.15, 0.2) is 59.1 Å². The summed E-state index contributed by atoms with van der Waals surface area (Å²) in [4.78, 5) is 0. The fourth-order valence-corrected chi connectivity index (χ4v) is 2.84. The molecule has 2 aromatic rings. The lowest BCUT2D eigenvalue weighted by Crippen LogP contribution is -2.25. The highest BCUT2D eigenvalue weighted by molar-refractivity contribution is 9.10. The number of rotatable bonds is 8. The van der Waals surface area contributed by atoms with Crippen molar-refractivity contribution in [1.82, 2.24) is 5.32 Å². The highest BCUT2D eigenvalue weighted by atomic mass is 79.9. The highest BCUT2D eigenvalue weighted by Gasteiger charge is 2.10. The summed E-state index contributed by atoms with van der Waals surface area (Å²) in [5.41, 5.74) is 2.57. The number of hydrogen-bond donors (Lipinski definition) is 1. The molecule has 3 heteroatoms. The molecule has 0 aliphatic carbocycles. The van der Waals surface area contributed by atoms with Gasteiger partial charge in [-0.2, -0.15) is 0 Å². The normalized spacial score (nSPS) is 12.3. The Labute approximate surface area is 135 Å². The van der Waals surface area contributed by atoms with Gasteiger partial charge in [-0.25, -0.2) is 0 Å². The molecule has 21 heavy (non-hydrogen) atoms. The summed E-state index contributed by atoms with van der Waals surface area (Å²) in [5.74, 6) is 0.480. The van der Waals surface area contributed by atoms with E-state index in [1.165, 1.54) is 11.1 Å². The van der Waals surface area contributed by atoms with E-state index in [4.69, 9.17) is 4.74 Å². The molecule has 0 aliphatic rings. The Hall–Kier alpha value is -1.16. The van der Waals surface area contributed by atoms with E-state index >= 15 is 0 Å². The maximum Gasteiger partial charge on any atom is 0.0717 e. The topological polar surface area (TPSA) is 21.3 Å². The van der Waals surface area contributed by atoms with Crippen LogP contribution in [0.5, 0.6) is 0 Å². The van der Waals surface area contributed by atoms with E-state index in [0.29, 0.717) is 12.5 Å². The second-order valence-corrected chi connectivity index (χ2v) is 6.17. The Morgan fingerprint density at radius 3 is 2.52 bits per heavy atom. The maximum atomic E-state index is 5.89. The summed E-state index contributed by atoms with van der Waals surface area (Å²) in [6.07, 6.45) is 1.02. The smallest absolute Gasteiger partial charge is 0.0717 e. The predicted octanol–water partition coefficient (Wildman–Crippen LogP) is 4.04. The second-order valence-electron chi connectivity index (χ2n) is 5.26. The van der Waals surface area contributed by atoms with Crippen molar-refractivity contribution in [3.8, 4) is 0 Å². The predicted molar refractivity (Wildman–Crippen MR) is 91.4 cm³/mol. The van der Waals surface area contributed by atoms with Crippen molar-refractivity contribution >= 4 is 15.9 Å². The third-order valence-electron chi connectivity index (χ3n) is 3.37. The van der Waals surface area contributed by atoms with Crippen molar-refractivity contribution in [2.45, 2.75) is 13.0 Å². The van der Waals surface area contributed by atoms with Gasteiger partial charge in [0, 0.05) is 11.0 Å². The average Bonchev–Trinajstić information content (AvgIpc) is 2.48. The Morgan fingerprint density at radius 2 is 1.81 bits per heavy atom. The molecule has 2 aromatic carbocycles. The van der Waals surface area contributed by atoms with Gasteiger partial charge in [0.05, 0.1) is 13.2 Å². The first kappa shape index (κ1) is 16.2. The quantitative estimate of drug-likeness (QED) is 0.777. The van der Waals surface area contributed by atoms with Gasteiger partial charge in [-0.1, -0.05) is 58.4 Å². The van der Waals surface area contributed by atoms with E-state index in [2.05, 4.69) is 57.6 Å². The van der Waals surface area contributed by atoms with E-state index in [-0.39, 0.29) is 0 Å².